The topological polar surface area (TPSA) is 76.1 Å². The van der Waals surface area contributed by atoms with Crippen LogP contribution in [0.1, 0.15) is 0 Å². The average Bonchev–Trinajstić information content (AvgIpc) is 0.918. The molecule has 0 aromatic carbocycles. The van der Waals surface area contributed by atoms with Crippen molar-refractivity contribution < 1.29 is 107 Å². The summed E-state index contributed by atoms with van der Waals surface area (Å²) in [7, 11) is 0. The van der Waals surface area contributed by atoms with Crippen molar-refractivity contribution in [3.63, 3.8) is 0 Å². The summed E-state index contributed by atoms with van der Waals surface area (Å²) in [5.41, 5.74) is 0. The molecule has 1 N–H and O–H groups in total. The number of hydrogen-bond donors (Lipinski definition) is 0. The third kappa shape index (κ3) is 29.1. The van der Waals surface area contributed by atoms with E-state index in [1.165, 1.54) is 0 Å². The van der Waals surface area contributed by atoms with Crippen LogP contribution in [0.3, 0.4) is 0 Å². The van der Waals surface area contributed by atoms with Crippen LogP contribution in [0.4, 0.5) is 0 Å². The van der Waals surface area contributed by atoms with Gasteiger partial charge in [0, 0.05) is 0 Å². The molecule has 0 fully saturated rings. The number of hydrogen-bond acceptors (Lipinski definition) is 3. The third-order valence-corrected chi connectivity index (χ3v) is 0. The summed E-state index contributed by atoms with van der Waals surface area (Å²) < 4.78 is 16.5. The van der Waals surface area contributed by atoms with Crippen LogP contribution in [-0.2, 0) is 0 Å². The first-order valence-electron chi connectivity index (χ1n) is 0.309. The molecule has 6 heteroatoms. The van der Waals surface area contributed by atoms with E-state index in [1.54, 1.807) is 0 Å². The van der Waals surface area contributed by atoms with Crippen LogP contribution < -0.4 is 90.3 Å². The molecule has 0 aromatic rings. The van der Waals surface area contributed by atoms with Crippen LogP contribution in [0.25, 0.3) is 0 Å². The fourth-order valence-electron chi connectivity index (χ4n) is 0. The molecule has 0 aliphatic rings. The van der Waals surface area contributed by atoms with Gasteiger partial charge in [-0.25, -0.2) is 0 Å². The minimum absolute atomic E-state index is 0. The molecule has 0 rings (SSSR count). The van der Waals surface area contributed by atoms with Gasteiger partial charge >= 0.3 is 80.9 Å². The van der Waals surface area contributed by atoms with Gasteiger partial charge in [0.1, 0.15) is 0 Å². The van der Waals surface area contributed by atoms with E-state index >= 15 is 0 Å². The average molecular weight is 147 g/mol. The first-order chi connectivity index (χ1) is 1.41. The molecule has 0 spiro atoms. The van der Waals surface area contributed by atoms with E-state index in [0.717, 1.165) is 0 Å². The fourth-order valence-corrected chi connectivity index (χ4v) is 0. The second-order valence-corrected chi connectivity index (χ2v) is 0.189. The summed E-state index contributed by atoms with van der Waals surface area (Å²) in [4.78, 5) is 0. The zero-order valence-corrected chi connectivity index (χ0v) is 9.52. The summed E-state index contributed by atoms with van der Waals surface area (Å²) in [6, 6.07) is 0. The first-order valence-corrected chi connectivity index (χ1v) is 0.926. The molecule has 0 aromatic heterocycles. The molecule has 0 unspecified atom stereocenters. The number of halogens is 1. The van der Waals surface area contributed by atoms with Crippen molar-refractivity contribution >= 4 is 0 Å². The molecule has 0 saturated carbocycles. The van der Waals surface area contributed by atoms with Gasteiger partial charge in [-0.15, -0.1) is 0 Å². The SMILES string of the molecule is [K+].[Na+].[O-][Cl+][O-].[OH-]. The van der Waals surface area contributed by atoms with Crippen LogP contribution >= 0.6 is 0 Å². The monoisotopic (exact) mass is 146 g/mol. The van der Waals surface area contributed by atoms with E-state index in [9.17, 15) is 0 Å². The maximum Gasteiger partial charge on any atom is 1.00 e. The summed E-state index contributed by atoms with van der Waals surface area (Å²) in [6.07, 6.45) is 0. The largest absolute Gasteiger partial charge is 1.00 e. The minimum atomic E-state index is -0.417. The zero-order valence-electron chi connectivity index (χ0n) is 3.64. The Morgan fingerprint density at radius 2 is 1.17 bits per heavy atom. The van der Waals surface area contributed by atoms with Crippen LogP contribution in [0.15, 0.2) is 0 Å². The Bertz CT molecular complexity index is 10.8. The molecule has 0 radical (unpaired) electrons. The predicted molar refractivity (Wildman–Crippen MR) is 1.94 cm³/mol. The zero-order chi connectivity index (χ0) is 2.71. The van der Waals surface area contributed by atoms with Crippen LogP contribution in [0, 0.1) is 11.3 Å². The maximum atomic E-state index is 8.24. The van der Waals surface area contributed by atoms with Gasteiger partial charge in [0.15, 0.2) is 0 Å². The molecule has 0 aliphatic heterocycles. The predicted octanol–water partition coefficient (Wildman–Crippen LogP) is -8.55. The van der Waals surface area contributed by atoms with Gasteiger partial charge in [0.2, 0.25) is 0 Å². The van der Waals surface area contributed by atoms with Crippen LogP contribution in [-0.4, -0.2) is 5.48 Å². The van der Waals surface area contributed by atoms with Crippen LogP contribution in [0.5, 0.6) is 0 Å². The van der Waals surface area contributed by atoms with Gasteiger partial charge in [-0.05, 0) is 0 Å². The van der Waals surface area contributed by atoms with Crippen molar-refractivity contribution in [2.75, 3.05) is 0 Å². The van der Waals surface area contributed by atoms with E-state index in [-0.39, 0.29) is 86.4 Å². The molecular formula is HClKNaO3. The van der Waals surface area contributed by atoms with Gasteiger partial charge in [-0.1, -0.05) is 0 Å². The molecule has 3 nitrogen and oxygen atoms in total. The van der Waals surface area contributed by atoms with Gasteiger partial charge < -0.3 is 14.8 Å². The van der Waals surface area contributed by atoms with Crippen molar-refractivity contribution in [1.29, 1.82) is 0 Å². The van der Waals surface area contributed by atoms with E-state index in [2.05, 4.69) is 0 Å². The summed E-state index contributed by atoms with van der Waals surface area (Å²) in [5, 5.41) is 0. The molecule has 0 heterocycles. The van der Waals surface area contributed by atoms with E-state index in [4.69, 9.17) is 9.32 Å². The van der Waals surface area contributed by atoms with Crippen molar-refractivity contribution in [3.8, 4) is 0 Å². The molecule has 0 aliphatic carbocycles. The molecule has 0 atom stereocenters. The molecule has 28 valence electrons. The van der Waals surface area contributed by atoms with E-state index in [1.807, 2.05) is 0 Å². The Morgan fingerprint density at radius 1 is 1.17 bits per heavy atom. The molecule has 6 heavy (non-hydrogen) atoms. The van der Waals surface area contributed by atoms with Gasteiger partial charge in [-0.2, -0.15) is 0 Å². The Hall–Kier alpha value is 2.81. The maximum absolute atomic E-state index is 8.24. The summed E-state index contributed by atoms with van der Waals surface area (Å²) in [5.74, 6) is 0. The smallest absolute Gasteiger partial charge is 0.870 e. The third-order valence-electron chi connectivity index (χ3n) is 0. The Balaban J connectivity index is -0.00000000667. The molecule has 0 amide bonds. The van der Waals surface area contributed by atoms with Gasteiger partial charge in [-0.3, -0.25) is 0 Å². The van der Waals surface area contributed by atoms with Crippen molar-refractivity contribution in [1.82, 2.24) is 0 Å². The number of rotatable bonds is 0. The first kappa shape index (κ1) is 23.2. The second kappa shape index (κ2) is 25.0. The molecule has 0 bridgehead atoms. The Morgan fingerprint density at radius 3 is 1.17 bits per heavy atom. The van der Waals surface area contributed by atoms with Crippen molar-refractivity contribution in [2.24, 2.45) is 0 Å². The quantitative estimate of drug-likeness (QED) is 0.319. The van der Waals surface area contributed by atoms with Crippen LogP contribution in [0.2, 0.25) is 0 Å². The van der Waals surface area contributed by atoms with E-state index in [0.29, 0.717) is 0 Å². The standard InChI is InChI=1S/ClO2.K.Na.H2O/c2-1-3;;;/h;;;1H2/q-1;2*+1;/p-1. The van der Waals surface area contributed by atoms with Gasteiger partial charge in [0.25, 0.3) is 0 Å². The van der Waals surface area contributed by atoms with E-state index < -0.39 is 11.3 Å². The fraction of sp³-hybridized carbons (Fsp3) is 0. The molecular weight excluding hydrogens is 146 g/mol. The normalized spacial score (nSPS) is 3.00. The summed E-state index contributed by atoms with van der Waals surface area (Å²) in [6.45, 7) is 0. The Kier molecular flexibility index (Phi) is 96.6. The minimum Gasteiger partial charge on any atom is -0.870 e. The van der Waals surface area contributed by atoms with Crippen molar-refractivity contribution in [3.05, 3.63) is 0 Å². The molecule has 0 saturated heterocycles. The second-order valence-electron chi connectivity index (χ2n) is 0.0630. The Labute approximate surface area is 105 Å². The van der Waals surface area contributed by atoms with Gasteiger partial charge in [0.05, 0.1) is 11.3 Å². The van der Waals surface area contributed by atoms with Crippen molar-refractivity contribution in [2.45, 2.75) is 0 Å². The summed E-state index contributed by atoms with van der Waals surface area (Å²) >= 11 is -0.417.